The Bertz CT molecular complexity index is 940. The number of ether oxygens (including phenoxy) is 1. The van der Waals surface area contributed by atoms with E-state index in [0.29, 0.717) is 16.7 Å². The summed E-state index contributed by atoms with van der Waals surface area (Å²) in [4.78, 5) is 4.57. The van der Waals surface area contributed by atoms with Gasteiger partial charge >= 0.3 is 0 Å². The summed E-state index contributed by atoms with van der Waals surface area (Å²) >= 11 is 1.53. The van der Waals surface area contributed by atoms with Crippen molar-refractivity contribution >= 4 is 23.5 Å². The zero-order valence-corrected chi connectivity index (χ0v) is 15.3. The number of nitrogens with one attached hydrogen (secondary N) is 1. The minimum Gasteiger partial charge on any atom is -0.465 e. The minimum absolute atomic E-state index is 0.390. The molecule has 1 aromatic carbocycles. The molecule has 0 aliphatic carbocycles. The summed E-state index contributed by atoms with van der Waals surface area (Å²) in [6.45, 7) is 4.04. The third-order valence-electron chi connectivity index (χ3n) is 3.93. The van der Waals surface area contributed by atoms with Gasteiger partial charge in [-0.15, -0.1) is 10.2 Å². The maximum absolute atomic E-state index is 6.19. The first-order valence-corrected chi connectivity index (χ1v) is 9.35. The second kappa shape index (κ2) is 7.21. The van der Waals surface area contributed by atoms with Gasteiger partial charge in [0, 0.05) is 11.3 Å². The van der Waals surface area contributed by atoms with Gasteiger partial charge in [0.25, 0.3) is 0 Å². The molecule has 26 heavy (non-hydrogen) atoms. The Morgan fingerprint density at radius 1 is 1.23 bits per heavy atom. The topological polar surface area (TPSA) is 73.1 Å². The molecule has 0 bridgehead atoms. The first-order chi connectivity index (χ1) is 12.7. The quantitative estimate of drug-likeness (QED) is 0.683. The van der Waals surface area contributed by atoms with E-state index in [1.807, 2.05) is 49.4 Å². The fourth-order valence-corrected chi connectivity index (χ4v) is 3.22. The first kappa shape index (κ1) is 16.7. The molecule has 3 heterocycles. The fraction of sp³-hybridized carbons (Fsp3) is 0.211. The summed E-state index contributed by atoms with van der Waals surface area (Å²) in [6.07, 6.45) is 3.21. The predicted molar refractivity (Wildman–Crippen MR) is 102 cm³/mol. The molecule has 0 amide bonds. The number of hydrogen-bond donors (Lipinski definition) is 1. The molecule has 2 aromatic heterocycles. The highest BCUT2D eigenvalue weighted by Crippen LogP contribution is 2.37. The van der Waals surface area contributed by atoms with Crippen molar-refractivity contribution in [2.45, 2.75) is 25.2 Å². The SMILES string of the molecule is CCSc1nnc2c(n1)O[C@H](/C(C)=C\c1ccco1)Nc1ccccc1-2. The van der Waals surface area contributed by atoms with Crippen LogP contribution in [-0.4, -0.2) is 27.2 Å². The van der Waals surface area contributed by atoms with Crippen LogP contribution in [0.5, 0.6) is 5.88 Å². The smallest absolute Gasteiger partial charge is 0.247 e. The van der Waals surface area contributed by atoms with Crippen molar-refractivity contribution in [3.05, 3.63) is 54.0 Å². The zero-order chi connectivity index (χ0) is 17.9. The van der Waals surface area contributed by atoms with Crippen molar-refractivity contribution in [1.82, 2.24) is 15.2 Å². The molecule has 1 N–H and O–H groups in total. The van der Waals surface area contributed by atoms with Gasteiger partial charge in [-0.25, -0.2) is 0 Å². The largest absolute Gasteiger partial charge is 0.465 e. The number of rotatable bonds is 4. The molecule has 1 aliphatic heterocycles. The number of furan rings is 1. The number of anilines is 1. The number of aromatic nitrogens is 3. The highest BCUT2D eigenvalue weighted by Gasteiger charge is 2.25. The number of thioether (sulfide) groups is 1. The molecule has 4 rings (SSSR count). The lowest BCUT2D eigenvalue weighted by Crippen LogP contribution is -2.27. The molecule has 132 valence electrons. The van der Waals surface area contributed by atoms with Crippen LogP contribution in [-0.2, 0) is 0 Å². The lowest BCUT2D eigenvalue weighted by molar-refractivity contribution is 0.255. The normalized spacial score (nSPS) is 16.1. The summed E-state index contributed by atoms with van der Waals surface area (Å²) in [5, 5.41) is 12.6. The number of nitrogens with zero attached hydrogens (tertiary/aromatic N) is 3. The third-order valence-corrected chi connectivity index (χ3v) is 4.65. The van der Waals surface area contributed by atoms with Crippen LogP contribution in [0, 0.1) is 0 Å². The van der Waals surface area contributed by atoms with Crippen LogP contribution in [0.25, 0.3) is 17.3 Å². The molecule has 0 radical (unpaired) electrons. The molecular weight excluding hydrogens is 348 g/mol. The maximum atomic E-state index is 6.19. The van der Waals surface area contributed by atoms with E-state index in [9.17, 15) is 0 Å². The molecule has 0 fully saturated rings. The lowest BCUT2D eigenvalue weighted by atomic mass is 10.1. The Balaban J connectivity index is 1.77. The van der Waals surface area contributed by atoms with E-state index in [2.05, 4.69) is 27.4 Å². The highest BCUT2D eigenvalue weighted by atomic mass is 32.2. The summed E-state index contributed by atoms with van der Waals surface area (Å²) in [5.41, 5.74) is 3.45. The number of benzene rings is 1. The maximum Gasteiger partial charge on any atom is 0.247 e. The van der Waals surface area contributed by atoms with Gasteiger partial charge < -0.3 is 14.5 Å². The third kappa shape index (κ3) is 3.30. The molecule has 0 saturated heterocycles. The van der Waals surface area contributed by atoms with Crippen LogP contribution in [0.3, 0.4) is 0 Å². The fourth-order valence-electron chi connectivity index (χ4n) is 2.72. The Labute approximate surface area is 155 Å². The van der Waals surface area contributed by atoms with E-state index in [0.717, 1.165) is 28.3 Å². The average molecular weight is 366 g/mol. The van der Waals surface area contributed by atoms with E-state index in [1.165, 1.54) is 11.8 Å². The molecule has 0 spiro atoms. The van der Waals surface area contributed by atoms with Gasteiger partial charge in [-0.3, -0.25) is 0 Å². The van der Waals surface area contributed by atoms with Crippen molar-refractivity contribution in [3.8, 4) is 17.1 Å². The van der Waals surface area contributed by atoms with E-state index in [4.69, 9.17) is 9.15 Å². The monoisotopic (exact) mass is 366 g/mol. The van der Waals surface area contributed by atoms with E-state index in [1.54, 1.807) is 6.26 Å². The van der Waals surface area contributed by atoms with Crippen molar-refractivity contribution in [3.63, 3.8) is 0 Å². The van der Waals surface area contributed by atoms with Gasteiger partial charge in [-0.2, -0.15) is 4.98 Å². The molecular formula is C19H18N4O2S. The Morgan fingerprint density at radius 2 is 2.12 bits per heavy atom. The minimum atomic E-state index is -0.390. The van der Waals surface area contributed by atoms with Gasteiger partial charge in [0.15, 0.2) is 11.9 Å². The number of hydrogen-bond acceptors (Lipinski definition) is 7. The Kier molecular flexibility index (Phi) is 4.62. The van der Waals surface area contributed by atoms with E-state index >= 15 is 0 Å². The summed E-state index contributed by atoms with van der Waals surface area (Å²) in [7, 11) is 0. The van der Waals surface area contributed by atoms with Gasteiger partial charge in [0.05, 0.1) is 6.26 Å². The summed E-state index contributed by atoms with van der Waals surface area (Å²) < 4.78 is 11.6. The van der Waals surface area contributed by atoms with Crippen molar-refractivity contribution < 1.29 is 9.15 Å². The average Bonchev–Trinajstić information content (AvgIpc) is 3.09. The Hall–Kier alpha value is -2.80. The van der Waals surface area contributed by atoms with Gasteiger partial charge in [-0.05, 0) is 42.5 Å². The van der Waals surface area contributed by atoms with Gasteiger partial charge in [-0.1, -0.05) is 36.9 Å². The lowest BCUT2D eigenvalue weighted by Gasteiger charge is -2.19. The first-order valence-electron chi connectivity index (χ1n) is 8.36. The Morgan fingerprint density at radius 3 is 2.92 bits per heavy atom. The predicted octanol–water partition coefficient (Wildman–Crippen LogP) is 4.48. The van der Waals surface area contributed by atoms with Crippen LogP contribution >= 0.6 is 11.8 Å². The highest BCUT2D eigenvalue weighted by molar-refractivity contribution is 7.99. The molecule has 1 atom stereocenters. The van der Waals surface area contributed by atoms with Crippen LogP contribution < -0.4 is 10.1 Å². The standard InChI is InChI=1S/C19H18N4O2S/c1-3-26-19-21-18-16(22-23-19)14-8-4-5-9-15(14)20-17(25-18)12(2)11-13-7-6-10-24-13/h4-11,17,20H,3H2,1-2H3/b12-11-/t17-/m1/s1. The van der Waals surface area contributed by atoms with E-state index < -0.39 is 6.23 Å². The number of para-hydroxylation sites is 1. The van der Waals surface area contributed by atoms with Crippen LogP contribution in [0.2, 0.25) is 0 Å². The van der Waals surface area contributed by atoms with Gasteiger partial charge in [0.1, 0.15) is 5.76 Å². The second-order valence-electron chi connectivity index (χ2n) is 5.77. The molecule has 7 heteroatoms. The van der Waals surface area contributed by atoms with E-state index in [-0.39, 0.29) is 0 Å². The molecule has 3 aromatic rings. The van der Waals surface area contributed by atoms with Crippen LogP contribution in [0.1, 0.15) is 19.6 Å². The van der Waals surface area contributed by atoms with Crippen LogP contribution in [0.4, 0.5) is 5.69 Å². The van der Waals surface area contributed by atoms with Crippen molar-refractivity contribution in [2.75, 3.05) is 11.1 Å². The summed E-state index contributed by atoms with van der Waals surface area (Å²) in [6, 6.07) is 11.7. The van der Waals surface area contributed by atoms with Gasteiger partial charge in [0.2, 0.25) is 11.0 Å². The van der Waals surface area contributed by atoms with Crippen molar-refractivity contribution in [2.24, 2.45) is 0 Å². The molecule has 0 unspecified atom stereocenters. The zero-order valence-electron chi connectivity index (χ0n) is 14.5. The van der Waals surface area contributed by atoms with Crippen molar-refractivity contribution in [1.29, 1.82) is 0 Å². The molecule has 1 aliphatic rings. The number of fused-ring (bicyclic) bond motifs is 3. The summed E-state index contributed by atoms with van der Waals surface area (Å²) in [5.74, 6) is 2.12. The second-order valence-corrected chi connectivity index (χ2v) is 7.00. The van der Waals surface area contributed by atoms with Crippen LogP contribution in [0.15, 0.2) is 57.8 Å². The molecule has 0 saturated carbocycles. The molecule has 6 nitrogen and oxygen atoms in total.